The van der Waals surface area contributed by atoms with Gasteiger partial charge in [0.15, 0.2) is 6.17 Å². The first kappa shape index (κ1) is 5.66. The molecule has 0 saturated heterocycles. The van der Waals surface area contributed by atoms with Crippen LogP contribution < -0.4 is 0 Å². The maximum Gasteiger partial charge on any atom is 0.156 e. The zero-order valence-corrected chi connectivity index (χ0v) is 4.22. The fraction of sp³-hybridized carbons (Fsp3) is 0.600. The van der Waals surface area contributed by atoms with Crippen LogP contribution in [0.1, 0.15) is 6.42 Å². The van der Waals surface area contributed by atoms with Crippen LogP contribution in [-0.2, 0) is 0 Å². The number of nitrogens with zero attached hydrogens (tertiary/aromatic N) is 1. The summed E-state index contributed by atoms with van der Waals surface area (Å²) in [4.78, 5) is 3.44. The number of hydrogen-bond acceptors (Lipinski definition) is 1. The van der Waals surface area contributed by atoms with Gasteiger partial charge in [-0.1, -0.05) is 0 Å². The average molecular weight is 118 g/mol. The SMILES string of the molecule is FC1[CH]N=CCC1F. The predicted octanol–water partition coefficient (Wildman–Crippen LogP) is 1.30. The molecule has 1 rings (SSSR count). The summed E-state index contributed by atoms with van der Waals surface area (Å²) < 4.78 is 24.1. The number of hydrogen-bond donors (Lipinski definition) is 0. The average Bonchev–Trinajstić information content (AvgIpc) is 1.77. The molecular formula is C5H6F2N. The van der Waals surface area contributed by atoms with Crippen LogP contribution in [0.2, 0.25) is 0 Å². The van der Waals surface area contributed by atoms with Crippen molar-refractivity contribution in [1.82, 2.24) is 0 Å². The first-order valence-corrected chi connectivity index (χ1v) is 2.44. The highest BCUT2D eigenvalue weighted by Crippen LogP contribution is 2.14. The number of rotatable bonds is 0. The molecule has 0 bridgehead atoms. The molecule has 0 spiro atoms. The molecule has 1 aliphatic heterocycles. The van der Waals surface area contributed by atoms with Crippen LogP contribution in [0.4, 0.5) is 8.78 Å². The molecule has 1 aliphatic rings. The van der Waals surface area contributed by atoms with Crippen LogP contribution in [0.5, 0.6) is 0 Å². The van der Waals surface area contributed by atoms with E-state index in [1.54, 1.807) is 0 Å². The molecule has 0 fully saturated rings. The van der Waals surface area contributed by atoms with E-state index < -0.39 is 12.3 Å². The Morgan fingerprint density at radius 3 is 2.62 bits per heavy atom. The van der Waals surface area contributed by atoms with Gasteiger partial charge in [0.1, 0.15) is 12.7 Å². The lowest BCUT2D eigenvalue weighted by molar-refractivity contribution is 0.193. The lowest BCUT2D eigenvalue weighted by atomic mass is 10.1. The van der Waals surface area contributed by atoms with Crippen LogP contribution in [0.3, 0.4) is 0 Å². The highest BCUT2D eigenvalue weighted by molar-refractivity contribution is 5.60. The summed E-state index contributed by atoms with van der Waals surface area (Å²) in [6.07, 6.45) is -1.37. The molecule has 0 aromatic carbocycles. The zero-order chi connectivity index (χ0) is 5.98. The van der Waals surface area contributed by atoms with Gasteiger partial charge in [-0.2, -0.15) is 0 Å². The van der Waals surface area contributed by atoms with Gasteiger partial charge >= 0.3 is 0 Å². The van der Waals surface area contributed by atoms with E-state index in [-0.39, 0.29) is 6.42 Å². The monoisotopic (exact) mass is 118 g/mol. The lowest BCUT2D eigenvalue weighted by Crippen LogP contribution is -2.20. The minimum absolute atomic E-state index is 0.109. The highest BCUT2D eigenvalue weighted by Gasteiger charge is 2.21. The normalized spacial score (nSPS) is 37.8. The summed E-state index contributed by atoms with van der Waals surface area (Å²) in [5.74, 6) is 0. The summed E-state index contributed by atoms with van der Waals surface area (Å²) in [6, 6.07) is 0. The molecule has 0 amide bonds. The summed E-state index contributed by atoms with van der Waals surface area (Å²) in [5.41, 5.74) is 0. The fourth-order valence-electron chi connectivity index (χ4n) is 0.528. The van der Waals surface area contributed by atoms with Crippen molar-refractivity contribution in [2.24, 2.45) is 4.99 Å². The maximum atomic E-state index is 12.1. The highest BCUT2D eigenvalue weighted by atomic mass is 19.2. The maximum absolute atomic E-state index is 12.1. The molecule has 0 aromatic rings. The van der Waals surface area contributed by atoms with Gasteiger partial charge < -0.3 is 0 Å². The minimum atomic E-state index is -1.49. The molecule has 2 atom stereocenters. The van der Waals surface area contributed by atoms with E-state index in [4.69, 9.17) is 0 Å². The van der Waals surface area contributed by atoms with E-state index in [1.165, 1.54) is 6.21 Å². The minimum Gasteiger partial charge on any atom is -0.289 e. The molecule has 1 radical (unpaired) electrons. The van der Waals surface area contributed by atoms with Crippen molar-refractivity contribution in [3.8, 4) is 0 Å². The molecule has 45 valence electrons. The summed E-state index contributed by atoms with van der Waals surface area (Å²) in [5, 5.41) is 0. The molecule has 2 unspecified atom stereocenters. The molecule has 1 heterocycles. The largest absolute Gasteiger partial charge is 0.289 e. The molecule has 0 aliphatic carbocycles. The van der Waals surface area contributed by atoms with Crippen molar-refractivity contribution in [2.45, 2.75) is 18.8 Å². The van der Waals surface area contributed by atoms with Crippen molar-refractivity contribution in [2.75, 3.05) is 0 Å². The second-order valence-electron chi connectivity index (χ2n) is 1.68. The first-order chi connectivity index (χ1) is 3.80. The first-order valence-electron chi connectivity index (χ1n) is 2.44. The van der Waals surface area contributed by atoms with Gasteiger partial charge in [-0.25, -0.2) is 8.78 Å². The van der Waals surface area contributed by atoms with Gasteiger partial charge in [-0.15, -0.1) is 0 Å². The molecule has 8 heavy (non-hydrogen) atoms. The van der Waals surface area contributed by atoms with Crippen LogP contribution in [0.15, 0.2) is 4.99 Å². The van der Waals surface area contributed by atoms with Crippen molar-refractivity contribution < 1.29 is 8.78 Å². The molecule has 0 N–H and O–H groups in total. The number of alkyl halides is 2. The van der Waals surface area contributed by atoms with E-state index >= 15 is 0 Å². The van der Waals surface area contributed by atoms with Gasteiger partial charge in [-0.05, 0) is 0 Å². The van der Waals surface area contributed by atoms with Crippen LogP contribution >= 0.6 is 0 Å². The Balaban J connectivity index is 2.44. The second kappa shape index (κ2) is 2.20. The van der Waals surface area contributed by atoms with E-state index in [0.717, 1.165) is 6.54 Å². The smallest absolute Gasteiger partial charge is 0.156 e. The van der Waals surface area contributed by atoms with Crippen molar-refractivity contribution in [1.29, 1.82) is 0 Å². The summed E-state index contributed by atoms with van der Waals surface area (Å²) in [7, 11) is 0. The number of aliphatic imine (C=N–C) groups is 1. The van der Waals surface area contributed by atoms with Crippen LogP contribution in [0.25, 0.3) is 0 Å². The fourth-order valence-corrected chi connectivity index (χ4v) is 0.528. The molecule has 3 heteroatoms. The third-order valence-electron chi connectivity index (χ3n) is 1.01. The zero-order valence-electron chi connectivity index (χ0n) is 4.22. The molecular weight excluding hydrogens is 112 g/mol. The molecule has 0 aromatic heterocycles. The Labute approximate surface area is 46.4 Å². The van der Waals surface area contributed by atoms with E-state index in [9.17, 15) is 8.78 Å². The molecule has 1 nitrogen and oxygen atoms in total. The van der Waals surface area contributed by atoms with E-state index in [1.807, 2.05) is 0 Å². The van der Waals surface area contributed by atoms with Crippen molar-refractivity contribution in [3.05, 3.63) is 6.54 Å². The Morgan fingerprint density at radius 1 is 1.50 bits per heavy atom. The topological polar surface area (TPSA) is 12.4 Å². The van der Waals surface area contributed by atoms with Gasteiger partial charge in [-0.3, -0.25) is 4.99 Å². The van der Waals surface area contributed by atoms with Crippen LogP contribution in [0, 0.1) is 6.54 Å². The third-order valence-corrected chi connectivity index (χ3v) is 1.01. The third kappa shape index (κ3) is 1.02. The van der Waals surface area contributed by atoms with Crippen molar-refractivity contribution in [3.63, 3.8) is 0 Å². The van der Waals surface area contributed by atoms with Gasteiger partial charge in [0.25, 0.3) is 0 Å². The van der Waals surface area contributed by atoms with E-state index in [2.05, 4.69) is 4.99 Å². The Hall–Kier alpha value is -0.470. The van der Waals surface area contributed by atoms with Gasteiger partial charge in [0, 0.05) is 12.6 Å². The van der Waals surface area contributed by atoms with Gasteiger partial charge in [0.05, 0.1) is 0 Å². The quantitative estimate of drug-likeness (QED) is 0.454. The van der Waals surface area contributed by atoms with E-state index in [0.29, 0.717) is 0 Å². The van der Waals surface area contributed by atoms with Crippen LogP contribution in [-0.4, -0.2) is 18.6 Å². The second-order valence-corrected chi connectivity index (χ2v) is 1.68. The predicted molar refractivity (Wildman–Crippen MR) is 27.2 cm³/mol. The number of halogens is 2. The standard InChI is InChI=1S/C5H6F2N/c6-4-1-2-8-3-5(4)7/h2-5H,1H2. The van der Waals surface area contributed by atoms with Gasteiger partial charge in [0.2, 0.25) is 0 Å². The summed E-state index contributed by atoms with van der Waals surface area (Å²) in [6.45, 7) is 0.980. The Kier molecular flexibility index (Phi) is 1.56. The Morgan fingerprint density at radius 2 is 2.25 bits per heavy atom. The lowest BCUT2D eigenvalue weighted by Gasteiger charge is -2.11. The molecule has 0 saturated carbocycles. The van der Waals surface area contributed by atoms with Crippen molar-refractivity contribution >= 4 is 6.21 Å². The Bertz CT molecular complexity index is 90.6. The summed E-state index contributed by atoms with van der Waals surface area (Å²) >= 11 is 0.